The second kappa shape index (κ2) is 7.24. The first-order valence-corrected chi connectivity index (χ1v) is 7.67. The van der Waals surface area contributed by atoms with Crippen molar-refractivity contribution in [2.45, 2.75) is 31.6 Å². The average Bonchev–Trinajstić information content (AvgIpc) is 2.56. The number of piperidine rings is 1. The van der Waals surface area contributed by atoms with Crippen LogP contribution in [0.2, 0.25) is 0 Å². The van der Waals surface area contributed by atoms with Crippen LogP contribution in [-0.4, -0.2) is 37.0 Å². The normalized spacial score (nSPS) is 17.0. The van der Waals surface area contributed by atoms with Crippen molar-refractivity contribution in [2.24, 2.45) is 0 Å². The molecular formula is C17H23N3O. The monoisotopic (exact) mass is 285 g/mol. The molecule has 0 aliphatic carbocycles. The molecule has 1 aliphatic rings. The number of nitrogens with one attached hydrogen (secondary N) is 1. The Labute approximate surface area is 126 Å². The third kappa shape index (κ3) is 3.25. The molecular weight excluding hydrogens is 262 g/mol. The SMILES string of the molecule is CCN(CCC#N)C(=O)C1(c2ccccc2)CCNCC1. The lowest BCUT2D eigenvalue weighted by atomic mass is 9.72. The van der Waals surface area contributed by atoms with Gasteiger partial charge in [0.15, 0.2) is 0 Å². The highest BCUT2D eigenvalue weighted by Crippen LogP contribution is 2.35. The van der Waals surface area contributed by atoms with E-state index in [0.717, 1.165) is 31.5 Å². The summed E-state index contributed by atoms with van der Waals surface area (Å²) in [6.45, 7) is 4.87. The number of benzene rings is 1. The minimum absolute atomic E-state index is 0.174. The Morgan fingerprint density at radius 3 is 2.57 bits per heavy atom. The Kier molecular flexibility index (Phi) is 5.35. The molecule has 4 heteroatoms. The van der Waals surface area contributed by atoms with E-state index in [2.05, 4.69) is 23.5 Å². The van der Waals surface area contributed by atoms with Crippen molar-refractivity contribution in [3.63, 3.8) is 0 Å². The average molecular weight is 285 g/mol. The van der Waals surface area contributed by atoms with E-state index in [9.17, 15) is 4.79 Å². The molecule has 0 aromatic heterocycles. The van der Waals surface area contributed by atoms with Gasteiger partial charge < -0.3 is 10.2 Å². The maximum absolute atomic E-state index is 13.1. The molecule has 0 atom stereocenters. The van der Waals surface area contributed by atoms with Crippen LogP contribution in [-0.2, 0) is 10.2 Å². The molecule has 1 heterocycles. The molecule has 1 fully saturated rings. The summed E-state index contributed by atoms with van der Waals surface area (Å²) in [5.41, 5.74) is 0.671. The number of nitriles is 1. The van der Waals surface area contributed by atoms with Crippen LogP contribution in [0, 0.1) is 11.3 Å². The van der Waals surface area contributed by atoms with Crippen molar-refractivity contribution in [1.29, 1.82) is 5.26 Å². The molecule has 21 heavy (non-hydrogen) atoms. The zero-order chi connectivity index (χ0) is 15.1. The number of carbonyl (C=O) groups excluding carboxylic acids is 1. The van der Waals surface area contributed by atoms with Crippen LogP contribution < -0.4 is 5.32 Å². The van der Waals surface area contributed by atoms with Gasteiger partial charge >= 0.3 is 0 Å². The molecule has 0 saturated carbocycles. The minimum Gasteiger partial charge on any atom is -0.341 e. The van der Waals surface area contributed by atoms with Crippen LogP contribution in [0.3, 0.4) is 0 Å². The highest BCUT2D eigenvalue weighted by Gasteiger charge is 2.42. The standard InChI is InChI=1S/C17H23N3O/c1-2-20(14-6-11-18)16(21)17(9-12-19-13-10-17)15-7-4-3-5-8-15/h3-5,7-8,19H,2,6,9-10,12-14H2,1H3. The van der Waals surface area contributed by atoms with Gasteiger partial charge in [-0.1, -0.05) is 30.3 Å². The Hall–Kier alpha value is -1.86. The maximum Gasteiger partial charge on any atom is 0.233 e. The van der Waals surface area contributed by atoms with Gasteiger partial charge in [0.1, 0.15) is 0 Å². The van der Waals surface area contributed by atoms with Crippen molar-refractivity contribution in [3.05, 3.63) is 35.9 Å². The smallest absolute Gasteiger partial charge is 0.233 e. The Morgan fingerprint density at radius 1 is 1.33 bits per heavy atom. The van der Waals surface area contributed by atoms with Gasteiger partial charge in [-0.15, -0.1) is 0 Å². The van der Waals surface area contributed by atoms with Gasteiger partial charge in [-0.2, -0.15) is 5.26 Å². The van der Waals surface area contributed by atoms with E-state index in [4.69, 9.17) is 5.26 Å². The van der Waals surface area contributed by atoms with Crippen molar-refractivity contribution in [1.82, 2.24) is 10.2 Å². The summed E-state index contributed by atoms with van der Waals surface area (Å²) >= 11 is 0. The van der Waals surface area contributed by atoms with Gasteiger partial charge in [-0.3, -0.25) is 4.79 Å². The van der Waals surface area contributed by atoms with E-state index >= 15 is 0 Å². The summed E-state index contributed by atoms with van der Waals surface area (Å²) in [6.07, 6.45) is 2.03. The first kappa shape index (κ1) is 15.5. The first-order valence-electron chi connectivity index (χ1n) is 7.67. The molecule has 1 aromatic rings. The van der Waals surface area contributed by atoms with Crippen LogP contribution >= 0.6 is 0 Å². The molecule has 1 saturated heterocycles. The van der Waals surface area contributed by atoms with Crippen LogP contribution in [0.15, 0.2) is 30.3 Å². The fourth-order valence-corrected chi connectivity index (χ4v) is 3.13. The molecule has 1 N–H and O–H groups in total. The molecule has 1 aromatic carbocycles. The Bertz CT molecular complexity index is 501. The molecule has 1 amide bonds. The van der Waals surface area contributed by atoms with Gasteiger partial charge in [0.2, 0.25) is 5.91 Å². The third-order valence-corrected chi connectivity index (χ3v) is 4.36. The van der Waals surface area contributed by atoms with Crippen molar-refractivity contribution < 1.29 is 4.79 Å². The van der Waals surface area contributed by atoms with Crippen LogP contribution in [0.25, 0.3) is 0 Å². The zero-order valence-corrected chi connectivity index (χ0v) is 12.6. The fourth-order valence-electron chi connectivity index (χ4n) is 3.13. The second-order valence-corrected chi connectivity index (χ2v) is 5.49. The van der Waals surface area contributed by atoms with Gasteiger partial charge in [-0.05, 0) is 38.4 Å². The number of hydrogen-bond donors (Lipinski definition) is 1. The van der Waals surface area contributed by atoms with E-state index < -0.39 is 5.41 Å². The molecule has 4 nitrogen and oxygen atoms in total. The fraction of sp³-hybridized carbons (Fsp3) is 0.529. The molecule has 0 bridgehead atoms. The number of rotatable bonds is 5. The summed E-state index contributed by atoms with van der Waals surface area (Å²) in [5, 5.41) is 12.1. The summed E-state index contributed by atoms with van der Waals surface area (Å²) < 4.78 is 0. The van der Waals surface area contributed by atoms with Gasteiger partial charge in [-0.25, -0.2) is 0 Å². The van der Waals surface area contributed by atoms with E-state index in [1.54, 1.807) is 0 Å². The summed E-state index contributed by atoms with van der Waals surface area (Å²) in [5.74, 6) is 0.174. The predicted molar refractivity (Wildman–Crippen MR) is 82.7 cm³/mol. The number of hydrogen-bond acceptors (Lipinski definition) is 3. The number of nitrogens with zero attached hydrogens (tertiary/aromatic N) is 2. The molecule has 0 spiro atoms. The van der Waals surface area contributed by atoms with Crippen LogP contribution in [0.1, 0.15) is 31.7 Å². The largest absolute Gasteiger partial charge is 0.341 e. The third-order valence-electron chi connectivity index (χ3n) is 4.36. The molecule has 2 rings (SSSR count). The zero-order valence-electron chi connectivity index (χ0n) is 12.6. The lowest BCUT2D eigenvalue weighted by Crippen LogP contribution is -2.52. The van der Waals surface area contributed by atoms with E-state index in [0.29, 0.717) is 19.5 Å². The van der Waals surface area contributed by atoms with Crippen LogP contribution in [0.4, 0.5) is 0 Å². The topological polar surface area (TPSA) is 56.1 Å². The quantitative estimate of drug-likeness (QED) is 0.901. The van der Waals surface area contributed by atoms with Crippen molar-refractivity contribution in [3.8, 4) is 6.07 Å². The maximum atomic E-state index is 13.1. The van der Waals surface area contributed by atoms with Crippen molar-refractivity contribution in [2.75, 3.05) is 26.2 Å². The predicted octanol–water partition coefficient (Wildman–Crippen LogP) is 2.07. The number of amides is 1. The number of carbonyl (C=O) groups is 1. The highest BCUT2D eigenvalue weighted by atomic mass is 16.2. The number of likely N-dealkylation sites (N-methyl/N-ethyl adjacent to an activating group) is 1. The lowest BCUT2D eigenvalue weighted by molar-refractivity contribution is -0.138. The van der Waals surface area contributed by atoms with Gasteiger partial charge in [0.25, 0.3) is 0 Å². The summed E-state index contributed by atoms with van der Waals surface area (Å²) in [7, 11) is 0. The molecule has 0 radical (unpaired) electrons. The van der Waals surface area contributed by atoms with Gasteiger partial charge in [0, 0.05) is 13.1 Å². The van der Waals surface area contributed by atoms with E-state index in [1.165, 1.54) is 0 Å². The van der Waals surface area contributed by atoms with E-state index in [1.807, 2.05) is 30.0 Å². The summed E-state index contributed by atoms with van der Waals surface area (Å²) in [4.78, 5) is 15.0. The second-order valence-electron chi connectivity index (χ2n) is 5.49. The Balaban J connectivity index is 2.31. The Morgan fingerprint density at radius 2 is 2.00 bits per heavy atom. The molecule has 0 unspecified atom stereocenters. The lowest BCUT2D eigenvalue weighted by Gasteiger charge is -2.40. The van der Waals surface area contributed by atoms with Crippen LogP contribution in [0.5, 0.6) is 0 Å². The minimum atomic E-state index is -0.433. The highest BCUT2D eigenvalue weighted by molar-refractivity contribution is 5.88. The molecule has 112 valence electrons. The van der Waals surface area contributed by atoms with E-state index in [-0.39, 0.29) is 5.91 Å². The van der Waals surface area contributed by atoms with Crippen molar-refractivity contribution >= 4 is 5.91 Å². The first-order chi connectivity index (χ1) is 10.2. The van der Waals surface area contributed by atoms with Gasteiger partial charge in [0.05, 0.1) is 17.9 Å². The summed E-state index contributed by atoms with van der Waals surface area (Å²) in [6, 6.07) is 12.2. The molecule has 1 aliphatic heterocycles.